The van der Waals surface area contributed by atoms with Crippen LogP contribution in [-0.4, -0.2) is 50.4 Å². The summed E-state index contributed by atoms with van der Waals surface area (Å²) >= 11 is 0. The lowest BCUT2D eigenvalue weighted by Gasteiger charge is -2.26. The smallest absolute Gasteiger partial charge is 0.330 e. The molecule has 7 heteroatoms. The zero-order valence-electron chi connectivity index (χ0n) is 13.0. The monoisotopic (exact) mass is 321 g/mol. The maximum atomic E-state index is 10.9. The van der Waals surface area contributed by atoms with Crippen molar-refractivity contribution in [1.29, 1.82) is 0 Å². The molecule has 0 aromatic rings. The van der Waals surface area contributed by atoms with Crippen LogP contribution in [0.15, 0.2) is 12.7 Å². The molecule has 6 nitrogen and oxygen atoms in total. The predicted octanol–water partition coefficient (Wildman–Crippen LogP) is 0.115. The van der Waals surface area contributed by atoms with Gasteiger partial charge in [-0.25, -0.2) is 13.2 Å². The summed E-state index contributed by atoms with van der Waals surface area (Å²) in [6.07, 6.45) is 4.16. The molecule has 0 spiro atoms. The summed E-state index contributed by atoms with van der Waals surface area (Å²) in [7, 11) is -4.14. The van der Waals surface area contributed by atoms with Gasteiger partial charge in [0.25, 0.3) is 0 Å². The van der Waals surface area contributed by atoms with Crippen molar-refractivity contribution in [3.8, 4) is 0 Å². The van der Waals surface area contributed by atoms with E-state index in [1.54, 1.807) is 0 Å². The minimum absolute atomic E-state index is 0.129. The van der Waals surface area contributed by atoms with E-state index in [2.05, 4.69) is 13.5 Å². The van der Waals surface area contributed by atoms with Gasteiger partial charge >= 0.3 is 5.97 Å². The molecule has 0 bridgehead atoms. The van der Waals surface area contributed by atoms with E-state index >= 15 is 0 Å². The Labute approximate surface area is 127 Å². The van der Waals surface area contributed by atoms with E-state index in [-0.39, 0.29) is 11.8 Å². The zero-order valence-corrected chi connectivity index (χ0v) is 13.8. The first kappa shape index (κ1) is 20.1. The van der Waals surface area contributed by atoms with Gasteiger partial charge in [-0.3, -0.25) is 0 Å². The van der Waals surface area contributed by atoms with Crippen LogP contribution >= 0.6 is 0 Å². The molecule has 0 fully saturated rings. The molecule has 0 radical (unpaired) electrons. The molecule has 1 N–H and O–H groups in total. The molecule has 0 amide bonds. The molecule has 0 aliphatic rings. The third kappa shape index (κ3) is 11.4. The van der Waals surface area contributed by atoms with E-state index in [1.165, 1.54) is 4.90 Å². The van der Waals surface area contributed by atoms with Crippen molar-refractivity contribution in [2.24, 2.45) is 0 Å². The highest BCUT2D eigenvalue weighted by Crippen LogP contribution is 1.94. The fourth-order valence-electron chi connectivity index (χ4n) is 2.15. The van der Waals surface area contributed by atoms with Crippen molar-refractivity contribution in [1.82, 2.24) is 0 Å². The van der Waals surface area contributed by atoms with Gasteiger partial charge in [-0.2, -0.15) is 0 Å². The van der Waals surface area contributed by atoms with Crippen LogP contribution in [-0.2, 0) is 19.6 Å². The van der Waals surface area contributed by atoms with Crippen molar-refractivity contribution >= 4 is 16.1 Å². The lowest BCUT2D eigenvalue weighted by Crippen LogP contribution is -3.15. The number of ether oxygens (including phenoxy) is 1. The molecule has 0 aliphatic carbocycles. The first-order valence-corrected chi connectivity index (χ1v) is 8.95. The van der Waals surface area contributed by atoms with Crippen LogP contribution in [0.3, 0.4) is 0 Å². The summed E-state index contributed by atoms with van der Waals surface area (Å²) in [5.74, 6) is -0.722. The van der Waals surface area contributed by atoms with Gasteiger partial charge in [-0.05, 0) is 26.2 Å². The summed E-state index contributed by atoms with van der Waals surface area (Å²) < 4.78 is 37.0. The van der Waals surface area contributed by atoms with Crippen molar-refractivity contribution < 1.29 is 27.4 Å². The normalized spacial score (nSPS) is 14.4. The van der Waals surface area contributed by atoms with Crippen molar-refractivity contribution in [2.75, 3.05) is 25.4 Å². The number of esters is 1. The molecule has 0 rings (SSSR count). The van der Waals surface area contributed by atoms with E-state index in [1.807, 2.05) is 6.92 Å². The SMILES string of the molecule is C=CC(=O)OCCCC[NH+](CCC)C(C)CCS(=O)(=O)[O-]. The number of quaternary nitrogens is 1. The minimum atomic E-state index is -4.14. The van der Waals surface area contributed by atoms with Crippen LogP contribution in [0.2, 0.25) is 0 Å². The van der Waals surface area contributed by atoms with Gasteiger partial charge in [-0.1, -0.05) is 13.5 Å². The second-order valence-electron chi connectivity index (χ2n) is 5.19. The lowest BCUT2D eigenvalue weighted by molar-refractivity contribution is -0.923. The number of hydrogen-bond donors (Lipinski definition) is 1. The number of unbranched alkanes of at least 4 members (excludes halogenated alkanes) is 1. The molecule has 0 aromatic carbocycles. The largest absolute Gasteiger partial charge is 0.748 e. The van der Waals surface area contributed by atoms with Gasteiger partial charge in [0.15, 0.2) is 0 Å². The van der Waals surface area contributed by atoms with Gasteiger partial charge in [-0.15, -0.1) is 0 Å². The van der Waals surface area contributed by atoms with Crippen LogP contribution in [0.4, 0.5) is 0 Å². The van der Waals surface area contributed by atoms with Crippen molar-refractivity contribution in [3.63, 3.8) is 0 Å². The molecule has 124 valence electrons. The molecule has 2 atom stereocenters. The second-order valence-corrected chi connectivity index (χ2v) is 6.71. The standard InChI is InChI=1S/C14H27NO5S/c1-4-9-15(13(3)8-12-21(17,18)19)10-6-7-11-20-14(16)5-2/h5,13H,2,4,6-12H2,1,3H3,(H,17,18,19). The first-order chi connectivity index (χ1) is 9.80. The van der Waals surface area contributed by atoms with E-state index in [0.29, 0.717) is 13.0 Å². The highest BCUT2D eigenvalue weighted by Gasteiger charge is 2.17. The highest BCUT2D eigenvalue weighted by molar-refractivity contribution is 7.85. The minimum Gasteiger partial charge on any atom is -0.748 e. The fraction of sp³-hybridized carbons (Fsp3) is 0.786. The van der Waals surface area contributed by atoms with Crippen LogP contribution in [0.5, 0.6) is 0 Å². The molecular weight excluding hydrogens is 294 g/mol. The Hall–Kier alpha value is -0.920. The Morgan fingerprint density at radius 2 is 2.05 bits per heavy atom. The number of rotatable bonds is 12. The summed E-state index contributed by atoms with van der Waals surface area (Å²) in [5, 5.41) is 0. The van der Waals surface area contributed by atoms with Gasteiger partial charge in [0.2, 0.25) is 0 Å². The van der Waals surface area contributed by atoms with Crippen LogP contribution in [0.25, 0.3) is 0 Å². The molecule has 21 heavy (non-hydrogen) atoms. The zero-order chi connectivity index (χ0) is 16.3. The molecule has 0 heterocycles. The fourth-order valence-corrected chi connectivity index (χ4v) is 2.79. The second kappa shape index (κ2) is 10.8. The van der Waals surface area contributed by atoms with E-state index < -0.39 is 16.1 Å². The average Bonchev–Trinajstić information content (AvgIpc) is 2.42. The number of nitrogens with one attached hydrogen (secondary N) is 1. The van der Waals surface area contributed by atoms with Gasteiger partial charge in [0, 0.05) is 18.2 Å². The van der Waals surface area contributed by atoms with E-state index in [0.717, 1.165) is 38.4 Å². The Morgan fingerprint density at radius 1 is 1.38 bits per heavy atom. The molecule has 0 aliphatic heterocycles. The topological polar surface area (TPSA) is 87.9 Å². The average molecular weight is 321 g/mol. The third-order valence-electron chi connectivity index (χ3n) is 3.37. The lowest BCUT2D eigenvalue weighted by atomic mass is 10.2. The van der Waals surface area contributed by atoms with Crippen molar-refractivity contribution in [2.45, 2.75) is 45.6 Å². The highest BCUT2D eigenvalue weighted by atomic mass is 32.2. The maximum Gasteiger partial charge on any atom is 0.330 e. The Bertz CT molecular complexity index is 408. The van der Waals surface area contributed by atoms with Crippen LogP contribution in [0.1, 0.15) is 39.5 Å². The van der Waals surface area contributed by atoms with Gasteiger partial charge < -0.3 is 14.2 Å². The molecular formula is C14H27NO5S. The van der Waals surface area contributed by atoms with Gasteiger partial charge in [0.05, 0.1) is 35.9 Å². The Morgan fingerprint density at radius 3 is 2.57 bits per heavy atom. The number of carbonyl (C=O) groups is 1. The number of carbonyl (C=O) groups excluding carboxylic acids is 1. The quantitative estimate of drug-likeness (QED) is 0.239. The van der Waals surface area contributed by atoms with E-state index in [4.69, 9.17) is 4.74 Å². The van der Waals surface area contributed by atoms with Crippen molar-refractivity contribution in [3.05, 3.63) is 12.7 Å². The summed E-state index contributed by atoms with van der Waals surface area (Å²) in [6.45, 7) is 9.54. The third-order valence-corrected chi connectivity index (χ3v) is 4.11. The molecule has 0 saturated heterocycles. The molecule has 0 aromatic heterocycles. The Balaban J connectivity index is 4.05. The predicted molar refractivity (Wildman–Crippen MR) is 80.0 cm³/mol. The van der Waals surface area contributed by atoms with E-state index in [9.17, 15) is 17.8 Å². The van der Waals surface area contributed by atoms with Crippen LogP contribution in [0, 0.1) is 0 Å². The van der Waals surface area contributed by atoms with Gasteiger partial charge in [0.1, 0.15) is 0 Å². The molecule has 0 saturated carbocycles. The maximum absolute atomic E-state index is 10.9. The molecule has 2 unspecified atom stereocenters. The number of hydrogen-bond acceptors (Lipinski definition) is 5. The summed E-state index contributed by atoms with van der Waals surface area (Å²) in [4.78, 5) is 12.2. The summed E-state index contributed by atoms with van der Waals surface area (Å²) in [6, 6.07) is 0.129. The first-order valence-electron chi connectivity index (χ1n) is 7.37. The summed E-state index contributed by atoms with van der Waals surface area (Å²) in [5.41, 5.74) is 0. The van der Waals surface area contributed by atoms with Crippen LogP contribution < -0.4 is 4.90 Å². The Kier molecular flexibility index (Phi) is 10.3.